The molecule has 1 N–H and O–H groups in total. The van der Waals surface area contributed by atoms with Gasteiger partial charge in [0.15, 0.2) is 0 Å². The molecule has 1 aliphatic rings. The van der Waals surface area contributed by atoms with Gasteiger partial charge in [0.05, 0.1) is 18.1 Å². The summed E-state index contributed by atoms with van der Waals surface area (Å²) in [5, 5.41) is 10.8. The first kappa shape index (κ1) is 18.4. The first-order valence-corrected chi connectivity index (χ1v) is 8.55. The molecule has 1 saturated carbocycles. The second-order valence-corrected chi connectivity index (χ2v) is 6.59. The molecule has 0 spiro atoms. The second-order valence-electron chi connectivity index (χ2n) is 6.59. The van der Waals surface area contributed by atoms with E-state index in [4.69, 9.17) is 4.74 Å². The fraction of sp³-hybridized carbons (Fsp3) is 0.941. The molecule has 4 nitrogen and oxygen atoms in total. The molecule has 0 saturated heterocycles. The summed E-state index contributed by atoms with van der Waals surface area (Å²) in [7, 11) is 0. The minimum Gasteiger partial charge on any atom is -0.466 e. The highest BCUT2D eigenvalue weighted by Gasteiger charge is 2.37. The summed E-state index contributed by atoms with van der Waals surface area (Å²) in [6, 6.07) is 0. The van der Waals surface area contributed by atoms with Gasteiger partial charge in [0.1, 0.15) is 0 Å². The molecule has 1 atom stereocenters. The lowest BCUT2D eigenvalue weighted by Crippen LogP contribution is -2.47. The Balaban J connectivity index is 2.47. The second kappa shape index (κ2) is 8.74. The smallest absolute Gasteiger partial charge is 0.308 e. The zero-order valence-corrected chi connectivity index (χ0v) is 14.2. The predicted molar refractivity (Wildman–Crippen MR) is 85.1 cm³/mol. The van der Waals surface area contributed by atoms with E-state index in [0.717, 1.165) is 32.5 Å². The number of rotatable bonds is 8. The van der Waals surface area contributed by atoms with Gasteiger partial charge >= 0.3 is 5.97 Å². The van der Waals surface area contributed by atoms with Crippen LogP contribution in [-0.2, 0) is 9.53 Å². The fourth-order valence-electron chi connectivity index (χ4n) is 3.10. The van der Waals surface area contributed by atoms with Gasteiger partial charge in [0.25, 0.3) is 0 Å². The van der Waals surface area contributed by atoms with Gasteiger partial charge in [-0.05, 0) is 45.1 Å². The van der Waals surface area contributed by atoms with Crippen LogP contribution in [-0.4, -0.2) is 47.8 Å². The lowest BCUT2D eigenvalue weighted by Gasteiger charge is -2.39. The number of nitrogens with zero attached hydrogens (tertiary/aromatic N) is 1. The zero-order valence-electron chi connectivity index (χ0n) is 14.2. The van der Waals surface area contributed by atoms with Crippen LogP contribution in [0.25, 0.3) is 0 Å². The van der Waals surface area contributed by atoms with E-state index >= 15 is 0 Å². The van der Waals surface area contributed by atoms with Crippen LogP contribution in [0.1, 0.15) is 59.8 Å². The average molecular weight is 299 g/mol. The van der Waals surface area contributed by atoms with Gasteiger partial charge in [-0.2, -0.15) is 0 Å². The minimum absolute atomic E-state index is 0.0186. The van der Waals surface area contributed by atoms with Gasteiger partial charge in [-0.1, -0.05) is 27.2 Å². The molecule has 1 rings (SSSR count). The maximum Gasteiger partial charge on any atom is 0.308 e. The Morgan fingerprint density at radius 3 is 2.43 bits per heavy atom. The highest BCUT2D eigenvalue weighted by molar-refractivity contribution is 5.72. The van der Waals surface area contributed by atoms with Crippen LogP contribution in [0.15, 0.2) is 0 Å². The molecule has 0 radical (unpaired) electrons. The molecule has 0 aromatic carbocycles. The Morgan fingerprint density at radius 2 is 1.95 bits per heavy atom. The average Bonchev–Trinajstić information content (AvgIpc) is 2.47. The summed E-state index contributed by atoms with van der Waals surface area (Å²) < 4.78 is 5.09. The number of carbonyl (C=O) groups excluding carboxylic acids is 1. The highest BCUT2D eigenvalue weighted by atomic mass is 16.5. The van der Waals surface area contributed by atoms with Gasteiger partial charge < -0.3 is 14.7 Å². The van der Waals surface area contributed by atoms with Crippen molar-refractivity contribution in [1.29, 1.82) is 0 Å². The minimum atomic E-state index is -0.632. The van der Waals surface area contributed by atoms with E-state index in [2.05, 4.69) is 25.7 Å². The van der Waals surface area contributed by atoms with Gasteiger partial charge in [-0.3, -0.25) is 4.79 Å². The van der Waals surface area contributed by atoms with Gasteiger partial charge in [0, 0.05) is 13.1 Å². The molecule has 0 amide bonds. The number of esters is 1. The van der Waals surface area contributed by atoms with E-state index in [9.17, 15) is 9.90 Å². The molecule has 4 heteroatoms. The molecular formula is C17H33NO3. The van der Waals surface area contributed by atoms with Crippen LogP contribution in [0.4, 0.5) is 0 Å². The Kier molecular flexibility index (Phi) is 7.67. The van der Waals surface area contributed by atoms with Gasteiger partial charge in [-0.15, -0.1) is 0 Å². The Labute approximate surface area is 129 Å². The number of carbonyl (C=O) groups is 1. The molecule has 0 aromatic rings. The Bertz CT molecular complexity index is 311. The monoisotopic (exact) mass is 299 g/mol. The third kappa shape index (κ3) is 5.95. The molecular weight excluding hydrogens is 266 g/mol. The Morgan fingerprint density at radius 1 is 1.33 bits per heavy atom. The van der Waals surface area contributed by atoms with Crippen LogP contribution in [0, 0.1) is 11.8 Å². The summed E-state index contributed by atoms with van der Waals surface area (Å²) >= 11 is 0. The quantitative estimate of drug-likeness (QED) is 0.700. The molecule has 0 bridgehead atoms. The lowest BCUT2D eigenvalue weighted by molar-refractivity contribution is -0.151. The third-order valence-corrected chi connectivity index (χ3v) is 4.77. The largest absolute Gasteiger partial charge is 0.466 e. The van der Waals surface area contributed by atoms with Crippen molar-refractivity contribution in [3.8, 4) is 0 Å². The molecule has 0 aliphatic heterocycles. The third-order valence-electron chi connectivity index (χ3n) is 4.77. The fourth-order valence-corrected chi connectivity index (χ4v) is 3.10. The van der Waals surface area contributed by atoms with Crippen molar-refractivity contribution in [2.24, 2.45) is 11.8 Å². The summed E-state index contributed by atoms with van der Waals surface area (Å²) in [4.78, 5) is 14.1. The summed E-state index contributed by atoms with van der Waals surface area (Å²) in [6.45, 7) is 11.6. The molecule has 0 heterocycles. The molecule has 21 heavy (non-hydrogen) atoms. The Hall–Kier alpha value is -0.610. The van der Waals surface area contributed by atoms with Crippen molar-refractivity contribution < 1.29 is 14.6 Å². The maximum absolute atomic E-state index is 11.8. The topological polar surface area (TPSA) is 49.8 Å². The van der Waals surface area contributed by atoms with Crippen LogP contribution in [0.5, 0.6) is 0 Å². The SMILES string of the molecule is CCOC(=O)C1CCC(O)(CN(CC)CC(C)CC)CC1. The van der Waals surface area contributed by atoms with Crippen molar-refractivity contribution in [1.82, 2.24) is 4.90 Å². The summed E-state index contributed by atoms with van der Waals surface area (Å²) in [5.41, 5.74) is -0.632. The number of ether oxygens (including phenoxy) is 1. The van der Waals surface area contributed by atoms with E-state index in [0.29, 0.717) is 25.4 Å². The first-order chi connectivity index (χ1) is 9.94. The van der Waals surface area contributed by atoms with Crippen molar-refractivity contribution in [2.45, 2.75) is 65.4 Å². The van der Waals surface area contributed by atoms with Gasteiger partial charge in [0.2, 0.25) is 0 Å². The summed E-state index contributed by atoms with van der Waals surface area (Å²) in [6.07, 6.45) is 4.06. The standard InChI is InChI=1S/C17H33NO3/c1-5-14(4)12-18(6-2)13-17(20)10-8-15(9-11-17)16(19)21-7-3/h14-15,20H,5-13H2,1-4H3. The van der Waals surface area contributed by atoms with E-state index in [1.807, 2.05) is 6.92 Å². The number of likely N-dealkylation sites (N-methyl/N-ethyl adjacent to an activating group) is 1. The maximum atomic E-state index is 11.8. The lowest BCUT2D eigenvalue weighted by atomic mass is 9.78. The zero-order chi connectivity index (χ0) is 15.9. The molecule has 0 aromatic heterocycles. The van der Waals surface area contributed by atoms with E-state index in [1.54, 1.807) is 0 Å². The molecule has 1 aliphatic carbocycles. The van der Waals surface area contributed by atoms with Crippen LogP contribution < -0.4 is 0 Å². The number of hydrogen-bond donors (Lipinski definition) is 1. The van der Waals surface area contributed by atoms with Gasteiger partial charge in [-0.25, -0.2) is 0 Å². The predicted octanol–water partition coefficient (Wildman–Crippen LogP) is 2.84. The van der Waals surface area contributed by atoms with E-state index < -0.39 is 5.60 Å². The highest BCUT2D eigenvalue weighted by Crippen LogP contribution is 2.33. The van der Waals surface area contributed by atoms with Crippen molar-refractivity contribution >= 4 is 5.97 Å². The van der Waals surface area contributed by atoms with Crippen molar-refractivity contribution in [3.63, 3.8) is 0 Å². The van der Waals surface area contributed by atoms with Crippen LogP contribution in [0.3, 0.4) is 0 Å². The molecule has 124 valence electrons. The first-order valence-electron chi connectivity index (χ1n) is 8.55. The normalized spacial score (nSPS) is 27.6. The van der Waals surface area contributed by atoms with Crippen molar-refractivity contribution in [2.75, 3.05) is 26.2 Å². The van der Waals surface area contributed by atoms with Crippen molar-refractivity contribution in [3.05, 3.63) is 0 Å². The van der Waals surface area contributed by atoms with E-state index in [-0.39, 0.29) is 11.9 Å². The number of hydrogen-bond acceptors (Lipinski definition) is 4. The van der Waals surface area contributed by atoms with Crippen LogP contribution >= 0.6 is 0 Å². The number of aliphatic hydroxyl groups is 1. The van der Waals surface area contributed by atoms with Crippen LogP contribution in [0.2, 0.25) is 0 Å². The van der Waals surface area contributed by atoms with E-state index in [1.165, 1.54) is 6.42 Å². The molecule has 1 unspecified atom stereocenters. The summed E-state index contributed by atoms with van der Waals surface area (Å²) in [5.74, 6) is 0.547. The molecule has 1 fully saturated rings.